The highest BCUT2D eigenvalue weighted by Crippen LogP contribution is 2.27. The number of hydrogen-bond acceptors (Lipinski definition) is 2. The predicted octanol–water partition coefficient (Wildman–Crippen LogP) is 1.91. The number of piperidine rings is 3. The Labute approximate surface area is 114 Å². The molecule has 0 radical (unpaired) electrons. The summed E-state index contributed by atoms with van der Waals surface area (Å²) in [6, 6.07) is 10.3. The van der Waals surface area contributed by atoms with Gasteiger partial charge >= 0.3 is 0 Å². The number of carbonyl (C=O) groups is 1. The van der Waals surface area contributed by atoms with E-state index in [2.05, 4.69) is 10.2 Å². The Balaban J connectivity index is 1.55. The van der Waals surface area contributed by atoms with Gasteiger partial charge in [0.25, 0.3) is 0 Å². The van der Waals surface area contributed by atoms with E-state index in [1.165, 1.54) is 25.9 Å². The van der Waals surface area contributed by atoms with Gasteiger partial charge in [-0.05, 0) is 43.5 Å². The molecule has 0 aromatic heterocycles. The lowest BCUT2D eigenvalue weighted by atomic mass is 9.84. The molecule has 4 rings (SSSR count). The van der Waals surface area contributed by atoms with Crippen molar-refractivity contribution in [2.75, 3.05) is 19.6 Å². The van der Waals surface area contributed by atoms with Gasteiger partial charge in [0.15, 0.2) is 0 Å². The van der Waals surface area contributed by atoms with Gasteiger partial charge in [-0.15, -0.1) is 0 Å². The summed E-state index contributed by atoms with van der Waals surface area (Å²) < 4.78 is 0. The van der Waals surface area contributed by atoms with Crippen LogP contribution in [0.3, 0.4) is 0 Å². The van der Waals surface area contributed by atoms with Gasteiger partial charge in [-0.1, -0.05) is 30.3 Å². The van der Waals surface area contributed by atoms with Gasteiger partial charge in [-0.25, -0.2) is 0 Å². The van der Waals surface area contributed by atoms with Gasteiger partial charge in [0.2, 0.25) is 5.91 Å². The Morgan fingerprint density at radius 2 is 1.95 bits per heavy atom. The monoisotopic (exact) mass is 256 g/mol. The predicted molar refractivity (Wildman–Crippen MR) is 76.6 cm³/mol. The SMILES string of the molecule is O=C(/C=C\c1ccccc1)NC1CN2CCC1CC2. The normalized spacial score (nSPS) is 29.6. The molecule has 100 valence electrons. The van der Waals surface area contributed by atoms with E-state index >= 15 is 0 Å². The summed E-state index contributed by atoms with van der Waals surface area (Å²) in [4.78, 5) is 14.4. The van der Waals surface area contributed by atoms with E-state index in [4.69, 9.17) is 0 Å². The molecule has 3 fully saturated rings. The fourth-order valence-electron chi connectivity index (χ4n) is 3.10. The first-order valence-electron chi connectivity index (χ1n) is 7.07. The molecule has 3 heterocycles. The molecule has 0 spiro atoms. The lowest BCUT2D eigenvalue weighted by Gasteiger charge is -2.44. The molecule has 3 nitrogen and oxygen atoms in total. The summed E-state index contributed by atoms with van der Waals surface area (Å²) >= 11 is 0. The first-order chi connectivity index (χ1) is 9.31. The number of benzene rings is 1. The molecule has 1 N–H and O–H groups in total. The van der Waals surface area contributed by atoms with Crippen molar-refractivity contribution in [3.8, 4) is 0 Å². The van der Waals surface area contributed by atoms with Gasteiger partial charge < -0.3 is 10.2 Å². The van der Waals surface area contributed by atoms with E-state index in [1.54, 1.807) is 6.08 Å². The molecule has 3 aliphatic heterocycles. The number of rotatable bonds is 3. The molecule has 1 aromatic rings. The molecule has 0 saturated carbocycles. The van der Waals surface area contributed by atoms with Gasteiger partial charge in [0.05, 0.1) is 0 Å². The summed E-state index contributed by atoms with van der Waals surface area (Å²) in [6.07, 6.45) is 5.98. The Kier molecular flexibility index (Phi) is 3.65. The number of amides is 1. The summed E-state index contributed by atoms with van der Waals surface area (Å²) in [5.74, 6) is 0.710. The van der Waals surface area contributed by atoms with Crippen LogP contribution in [0.5, 0.6) is 0 Å². The van der Waals surface area contributed by atoms with Gasteiger partial charge in [0, 0.05) is 18.7 Å². The maximum Gasteiger partial charge on any atom is 0.244 e. The standard InChI is InChI=1S/C16H20N2O/c19-16(7-6-13-4-2-1-3-5-13)17-15-12-18-10-8-14(15)9-11-18/h1-7,14-15H,8-12H2,(H,17,19)/b7-6-. The maximum atomic E-state index is 11.9. The minimum Gasteiger partial charge on any atom is -0.348 e. The second-order valence-corrected chi connectivity index (χ2v) is 5.50. The van der Waals surface area contributed by atoms with Crippen LogP contribution in [-0.4, -0.2) is 36.5 Å². The van der Waals surface area contributed by atoms with Gasteiger partial charge in [0.1, 0.15) is 0 Å². The van der Waals surface area contributed by atoms with E-state index < -0.39 is 0 Å². The zero-order valence-electron chi connectivity index (χ0n) is 11.1. The third-order valence-corrected chi connectivity index (χ3v) is 4.21. The van der Waals surface area contributed by atoms with E-state index in [0.717, 1.165) is 12.1 Å². The summed E-state index contributed by atoms with van der Waals surface area (Å²) in [6.45, 7) is 3.43. The number of hydrogen-bond donors (Lipinski definition) is 1. The molecule has 0 aliphatic carbocycles. The summed E-state index contributed by atoms with van der Waals surface area (Å²) in [5.41, 5.74) is 1.06. The second kappa shape index (κ2) is 5.57. The van der Waals surface area contributed by atoms with Crippen LogP contribution in [0.15, 0.2) is 36.4 Å². The van der Waals surface area contributed by atoms with E-state index in [-0.39, 0.29) is 5.91 Å². The minimum absolute atomic E-state index is 0.0302. The van der Waals surface area contributed by atoms with Crippen LogP contribution in [0.1, 0.15) is 18.4 Å². The van der Waals surface area contributed by atoms with Crippen molar-refractivity contribution in [3.05, 3.63) is 42.0 Å². The molecule has 3 heteroatoms. The largest absolute Gasteiger partial charge is 0.348 e. The van der Waals surface area contributed by atoms with Crippen molar-refractivity contribution in [1.82, 2.24) is 10.2 Å². The molecular weight excluding hydrogens is 236 g/mol. The third kappa shape index (κ3) is 3.04. The number of fused-ring (bicyclic) bond motifs is 3. The molecular formula is C16H20N2O. The summed E-state index contributed by atoms with van der Waals surface area (Å²) in [7, 11) is 0. The first-order valence-corrected chi connectivity index (χ1v) is 7.07. The van der Waals surface area contributed by atoms with Crippen molar-refractivity contribution >= 4 is 12.0 Å². The van der Waals surface area contributed by atoms with Gasteiger partial charge in [-0.2, -0.15) is 0 Å². The fourth-order valence-corrected chi connectivity index (χ4v) is 3.10. The van der Waals surface area contributed by atoms with Crippen LogP contribution in [-0.2, 0) is 4.79 Å². The van der Waals surface area contributed by atoms with Crippen LogP contribution < -0.4 is 5.32 Å². The molecule has 3 aliphatic rings. The van der Waals surface area contributed by atoms with Gasteiger partial charge in [-0.3, -0.25) is 4.79 Å². The fraction of sp³-hybridized carbons (Fsp3) is 0.438. The molecule has 2 bridgehead atoms. The van der Waals surface area contributed by atoms with Crippen molar-refractivity contribution in [1.29, 1.82) is 0 Å². The van der Waals surface area contributed by atoms with Crippen molar-refractivity contribution < 1.29 is 4.79 Å². The van der Waals surface area contributed by atoms with Crippen LogP contribution in [0.2, 0.25) is 0 Å². The lowest BCUT2D eigenvalue weighted by molar-refractivity contribution is -0.118. The third-order valence-electron chi connectivity index (χ3n) is 4.21. The quantitative estimate of drug-likeness (QED) is 0.838. The Morgan fingerprint density at radius 1 is 1.21 bits per heavy atom. The maximum absolute atomic E-state index is 11.9. The first kappa shape index (κ1) is 12.4. The molecule has 1 aromatic carbocycles. The average Bonchev–Trinajstić information content (AvgIpc) is 2.47. The van der Waals surface area contributed by atoms with Crippen LogP contribution in [0.25, 0.3) is 6.08 Å². The Hall–Kier alpha value is -1.61. The van der Waals surface area contributed by atoms with Crippen molar-refractivity contribution in [2.45, 2.75) is 18.9 Å². The Morgan fingerprint density at radius 3 is 2.58 bits per heavy atom. The van der Waals surface area contributed by atoms with Crippen molar-refractivity contribution in [2.24, 2.45) is 5.92 Å². The molecule has 1 unspecified atom stereocenters. The highest BCUT2D eigenvalue weighted by molar-refractivity contribution is 5.91. The average molecular weight is 256 g/mol. The molecule has 3 saturated heterocycles. The molecule has 1 amide bonds. The number of carbonyl (C=O) groups excluding carboxylic acids is 1. The number of nitrogens with zero attached hydrogens (tertiary/aromatic N) is 1. The Bertz CT molecular complexity index is 461. The van der Waals surface area contributed by atoms with E-state index in [1.807, 2.05) is 36.4 Å². The highest BCUT2D eigenvalue weighted by atomic mass is 16.1. The zero-order chi connectivity index (χ0) is 13.1. The zero-order valence-corrected chi connectivity index (χ0v) is 11.1. The topological polar surface area (TPSA) is 32.3 Å². The lowest BCUT2D eigenvalue weighted by Crippen LogP contribution is -2.57. The highest BCUT2D eigenvalue weighted by Gasteiger charge is 2.34. The van der Waals surface area contributed by atoms with Crippen LogP contribution in [0, 0.1) is 5.92 Å². The number of nitrogens with one attached hydrogen (secondary N) is 1. The smallest absolute Gasteiger partial charge is 0.244 e. The minimum atomic E-state index is 0.0302. The second-order valence-electron chi connectivity index (χ2n) is 5.50. The van der Waals surface area contributed by atoms with Crippen molar-refractivity contribution in [3.63, 3.8) is 0 Å². The van der Waals surface area contributed by atoms with Crippen LogP contribution >= 0.6 is 0 Å². The van der Waals surface area contributed by atoms with Crippen LogP contribution in [0.4, 0.5) is 0 Å². The van der Waals surface area contributed by atoms with E-state index in [0.29, 0.717) is 12.0 Å². The summed E-state index contributed by atoms with van der Waals surface area (Å²) in [5, 5.41) is 3.15. The molecule has 1 atom stereocenters. The van der Waals surface area contributed by atoms with E-state index in [9.17, 15) is 4.79 Å². The molecule has 19 heavy (non-hydrogen) atoms.